The van der Waals surface area contributed by atoms with Crippen LogP contribution in [0.3, 0.4) is 0 Å². The zero-order valence-electron chi connectivity index (χ0n) is 18.2. The highest BCUT2D eigenvalue weighted by Crippen LogP contribution is 2.37. The Bertz CT molecular complexity index is 1090. The minimum atomic E-state index is -4.79. The SMILES string of the molecule is CCOc1ccc(CNC(=O)CN(c2ccc(Cl)c(C(F)(F)F)c2)S(C)(=O)=O)cc1OCC. The number of nitrogens with zero attached hydrogens (tertiary/aromatic N) is 1. The minimum Gasteiger partial charge on any atom is -0.490 e. The van der Waals surface area contributed by atoms with Crippen LogP contribution < -0.4 is 19.1 Å². The summed E-state index contributed by atoms with van der Waals surface area (Å²) in [5.74, 6) is 0.321. The van der Waals surface area contributed by atoms with Gasteiger partial charge in [0.15, 0.2) is 11.5 Å². The maximum atomic E-state index is 13.2. The van der Waals surface area contributed by atoms with Crippen molar-refractivity contribution in [2.45, 2.75) is 26.6 Å². The van der Waals surface area contributed by atoms with Gasteiger partial charge in [0, 0.05) is 6.54 Å². The van der Waals surface area contributed by atoms with Gasteiger partial charge in [-0.3, -0.25) is 9.10 Å². The highest BCUT2D eigenvalue weighted by Gasteiger charge is 2.34. The molecule has 2 rings (SSSR count). The van der Waals surface area contributed by atoms with Gasteiger partial charge in [-0.2, -0.15) is 13.2 Å². The van der Waals surface area contributed by atoms with Gasteiger partial charge in [-0.1, -0.05) is 17.7 Å². The summed E-state index contributed by atoms with van der Waals surface area (Å²) in [6, 6.07) is 7.70. The van der Waals surface area contributed by atoms with Gasteiger partial charge >= 0.3 is 6.18 Å². The molecular formula is C21H24ClF3N2O5S. The molecule has 0 heterocycles. The molecule has 2 aromatic carbocycles. The van der Waals surface area contributed by atoms with E-state index in [4.69, 9.17) is 21.1 Å². The quantitative estimate of drug-likeness (QED) is 0.519. The van der Waals surface area contributed by atoms with Gasteiger partial charge in [0.25, 0.3) is 0 Å². The van der Waals surface area contributed by atoms with E-state index in [0.717, 1.165) is 18.4 Å². The third kappa shape index (κ3) is 7.43. The molecule has 0 spiro atoms. The zero-order chi connectivity index (χ0) is 24.8. The number of hydrogen-bond donors (Lipinski definition) is 1. The fraction of sp³-hybridized carbons (Fsp3) is 0.381. The van der Waals surface area contributed by atoms with Crippen molar-refractivity contribution in [3.63, 3.8) is 0 Å². The van der Waals surface area contributed by atoms with Crippen LogP contribution in [-0.4, -0.2) is 40.3 Å². The Hall–Kier alpha value is -2.66. The molecule has 0 aliphatic carbocycles. The Morgan fingerprint density at radius 1 is 1.06 bits per heavy atom. The van der Waals surface area contributed by atoms with Crippen LogP contribution in [-0.2, 0) is 27.5 Å². The van der Waals surface area contributed by atoms with E-state index in [1.807, 2.05) is 13.8 Å². The Morgan fingerprint density at radius 2 is 1.70 bits per heavy atom. The molecule has 2 aromatic rings. The summed E-state index contributed by atoms with van der Waals surface area (Å²) in [6.45, 7) is 3.81. The van der Waals surface area contributed by atoms with E-state index in [1.54, 1.807) is 18.2 Å². The van der Waals surface area contributed by atoms with Crippen LogP contribution in [0.1, 0.15) is 25.0 Å². The first-order valence-electron chi connectivity index (χ1n) is 9.86. The lowest BCUT2D eigenvalue weighted by atomic mass is 10.2. The third-order valence-corrected chi connectivity index (χ3v) is 5.80. The first-order chi connectivity index (χ1) is 15.4. The van der Waals surface area contributed by atoms with E-state index >= 15 is 0 Å². The van der Waals surface area contributed by atoms with Gasteiger partial charge in [-0.15, -0.1) is 0 Å². The van der Waals surface area contributed by atoms with Crippen LogP contribution in [0.5, 0.6) is 11.5 Å². The predicted octanol–water partition coefficient (Wildman–Crippen LogP) is 4.24. The molecule has 12 heteroatoms. The molecule has 0 unspecified atom stereocenters. The van der Waals surface area contributed by atoms with Crippen LogP contribution in [0.2, 0.25) is 5.02 Å². The van der Waals surface area contributed by atoms with E-state index in [-0.39, 0.29) is 12.2 Å². The van der Waals surface area contributed by atoms with Crippen LogP contribution in [0, 0.1) is 0 Å². The lowest BCUT2D eigenvalue weighted by Crippen LogP contribution is -2.40. The predicted molar refractivity (Wildman–Crippen MR) is 119 cm³/mol. The molecule has 0 radical (unpaired) electrons. The van der Waals surface area contributed by atoms with Crippen molar-refractivity contribution in [1.82, 2.24) is 5.32 Å². The number of halogens is 4. The van der Waals surface area contributed by atoms with Crippen LogP contribution in [0.25, 0.3) is 0 Å². The maximum absolute atomic E-state index is 13.2. The van der Waals surface area contributed by atoms with Crippen molar-refractivity contribution in [2.24, 2.45) is 0 Å². The number of hydrogen-bond acceptors (Lipinski definition) is 5. The summed E-state index contributed by atoms with van der Waals surface area (Å²) >= 11 is 5.60. The van der Waals surface area contributed by atoms with Gasteiger partial charge < -0.3 is 14.8 Å². The van der Waals surface area contributed by atoms with Crippen molar-refractivity contribution < 1.29 is 35.9 Å². The molecule has 33 heavy (non-hydrogen) atoms. The molecule has 1 amide bonds. The number of rotatable bonds is 10. The molecule has 0 saturated carbocycles. The summed E-state index contributed by atoms with van der Waals surface area (Å²) in [6.07, 6.45) is -3.99. The third-order valence-electron chi connectivity index (χ3n) is 4.33. The number of sulfonamides is 1. The molecule has 182 valence electrons. The molecule has 0 saturated heterocycles. The van der Waals surface area contributed by atoms with Crippen molar-refractivity contribution in [2.75, 3.05) is 30.3 Å². The molecule has 0 fully saturated rings. The summed E-state index contributed by atoms with van der Waals surface area (Å²) in [7, 11) is -4.07. The summed E-state index contributed by atoms with van der Waals surface area (Å²) in [5.41, 5.74) is -0.871. The second-order valence-electron chi connectivity index (χ2n) is 6.86. The van der Waals surface area contributed by atoms with E-state index < -0.39 is 39.2 Å². The molecule has 0 aliphatic rings. The average molecular weight is 509 g/mol. The second kappa shape index (κ2) is 11.0. The van der Waals surface area contributed by atoms with Gasteiger partial charge in [0.2, 0.25) is 15.9 Å². The molecule has 0 bridgehead atoms. The largest absolute Gasteiger partial charge is 0.490 e. The number of benzene rings is 2. The summed E-state index contributed by atoms with van der Waals surface area (Å²) < 4.78 is 75.5. The molecule has 0 aliphatic heterocycles. The number of anilines is 1. The van der Waals surface area contributed by atoms with Gasteiger partial charge in [-0.05, 0) is 49.7 Å². The fourth-order valence-corrected chi connectivity index (χ4v) is 3.95. The van der Waals surface area contributed by atoms with E-state index in [2.05, 4.69) is 5.32 Å². The Balaban J connectivity index is 2.19. The fourth-order valence-electron chi connectivity index (χ4n) is 2.88. The zero-order valence-corrected chi connectivity index (χ0v) is 19.8. The number of nitrogens with one attached hydrogen (secondary N) is 1. The van der Waals surface area contributed by atoms with Gasteiger partial charge in [0.1, 0.15) is 6.54 Å². The van der Waals surface area contributed by atoms with E-state index in [9.17, 15) is 26.4 Å². The minimum absolute atomic E-state index is 0.0390. The lowest BCUT2D eigenvalue weighted by molar-refractivity contribution is -0.137. The standard InChI is InChI=1S/C21H24ClF3N2O5S/c1-4-31-18-9-6-14(10-19(18)32-5-2)12-26-20(28)13-27(33(3,29)30)15-7-8-17(22)16(11-15)21(23,24)25/h6-11H,4-5,12-13H2,1-3H3,(H,26,28). The monoisotopic (exact) mass is 508 g/mol. The molecule has 0 aromatic heterocycles. The summed E-state index contributed by atoms with van der Waals surface area (Å²) in [5, 5.41) is 1.98. The normalized spacial score (nSPS) is 11.7. The highest BCUT2D eigenvalue weighted by molar-refractivity contribution is 7.92. The van der Waals surface area contributed by atoms with Crippen LogP contribution in [0.15, 0.2) is 36.4 Å². The molecule has 0 atom stereocenters. The summed E-state index contributed by atoms with van der Waals surface area (Å²) in [4.78, 5) is 12.5. The first-order valence-corrected chi connectivity index (χ1v) is 12.1. The van der Waals surface area contributed by atoms with E-state index in [0.29, 0.717) is 40.6 Å². The molecule has 7 nitrogen and oxygen atoms in total. The Kier molecular flexibility index (Phi) is 8.84. The van der Waals surface area contributed by atoms with Gasteiger partial charge in [0.05, 0.1) is 35.7 Å². The number of carbonyl (C=O) groups excluding carboxylic acids is 1. The second-order valence-corrected chi connectivity index (χ2v) is 9.17. The Morgan fingerprint density at radius 3 is 2.27 bits per heavy atom. The topological polar surface area (TPSA) is 84.9 Å². The van der Waals surface area contributed by atoms with Crippen molar-refractivity contribution in [3.8, 4) is 11.5 Å². The van der Waals surface area contributed by atoms with Crippen molar-refractivity contribution in [3.05, 3.63) is 52.5 Å². The van der Waals surface area contributed by atoms with Crippen molar-refractivity contribution in [1.29, 1.82) is 0 Å². The number of carbonyl (C=O) groups is 1. The number of ether oxygens (including phenoxy) is 2. The van der Waals surface area contributed by atoms with E-state index in [1.165, 1.54) is 0 Å². The maximum Gasteiger partial charge on any atom is 0.417 e. The number of alkyl halides is 3. The molecule has 1 N–H and O–H groups in total. The lowest BCUT2D eigenvalue weighted by Gasteiger charge is -2.23. The first kappa shape index (κ1) is 26.6. The highest BCUT2D eigenvalue weighted by atomic mass is 35.5. The average Bonchev–Trinajstić information content (AvgIpc) is 2.71. The van der Waals surface area contributed by atoms with Crippen LogP contribution in [0.4, 0.5) is 18.9 Å². The smallest absolute Gasteiger partial charge is 0.417 e. The Labute approximate surface area is 195 Å². The van der Waals surface area contributed by atoms with Crippen molar-refractivity contribution >= 4 is 33.2 Å². The molecular weight excluding hydrogens is 485 g/mol. The van der Waals surface area contributed by atoms with Crippen LogP contribution >= 0.6 is 11.6 Å². The van der Waals surface area contributed by atoms with Gasteiger partial charge in [-0.25, -0.2) is 8.42 Å². The number of amides is 1.